The van der Waals surface area contributed by atoms with Crippen molar-refractivity contribution >= 4 is 15.9 Å². The summed E-state index contributed by atoms with van der Waals surface area (Å²) in [6.07, 6.45) is 0. The number of halogens is 1. The van der Waals surface area contributed by atoms with Crippen molar-refractivity contribution in [2.75, 3.05) is 7.05 Å². The third-order valence-corrected chi connectivity index (χ3v) is 3.00. The molecular weight excluding hydrogens is 278 g/mol. The minimum atomic E-state index is 0.828. The smallest absolute Gasteiger partial charge is 0.141 e. The van der Waals surface area contributed by atoms with E-state index in [2.05, 4.69) is 27.3 Å². The first-order chi connectivity index (χ1) is 8.29. The molecule has 0 amide bonds. The normalized spacial score (nSPS) is 10.2. The van der Waals surface area contributed by atoms with Crippen LogP contribution in [-0.2, 0) is 6.54 Å². The zero-order chi connectivity index (χ0) is 12.1. The summed E-state index contributed by atoms with van der Waals surface area (Å²) in [7, 11) is 1.93. The van der Waals surface area contributed by atoms with Crippen LogP contribution in [-0.4, -0.2) is 7.05 Å². The van der Waals surface area contributed by atoms with Crippen LogP contribution in [0, 0.1) is 0 Å². The fourth-order valence-corrected chi connectivity index (χ4v) is 1.94. The summed E-state index contributed by atoms with van der Waals surface area (Å²) in [5.41, 5.74) is 1.21. The third-order valence-electron chi connectivity index (χ3n) is 2.34. The molecule has 0 aliphatic rings. The number of hydrogen-bond donors (Lipinski definition) is 1. The largest absolute Gasteiger partial charge is 0.456 e. The monoisotopic (exact) mass is 291 g/mol. The zero-order valence-corrected chi connectivity index (χ0v) is 11.2. The Kier molecular flexibility index (Phi) is 4.18. The molecule has 0 unspecified atom stereocenters. The van der Waals surface area contributed by atoms with E-state index in [1.807, 2.05) is 49.5 Å². The summed E-state index contributed by atoms with van der Waals surface area (Å²) in [5, 5.41) is 3.12. The molecule has 88 valence electrons. The van der Waals surface area contributed by atoms with Crippen LogP contribution in [0.15, 0.2) is 53.0 Å². The topological polar surface area (TPSA) is 21.3 Å². The summed E-state index contributed by atoms with van der Waals surface area (Å²) in [6.45, 7) is 0.840. The van der Waals surface area contributed by atoms with Gasteiger partial charge in [-0.05, 0) is 52.8 Å². The number of rotatable bonds is 4. The Hall–Kier alpha value is -1.32. The second kappa shape index (κ2) is 5.84. The number of para-hydroxylation sites is 1. The van der Waals surface area contributed by atoms with Crippen LogP contribution in [0.3, 0.4) is 0 Å². The van der Waals surface area contributed by atoms with E-state index in [1.54, 1.807) is 0 Å². The Morgan fingerprint density at radius 2 is 1.94 bits per heavy atom. The number of ether oxygens (including phenoxy) is 1. The Bertz CT molecular complexity index is 499. The van der Waals surface area contributed by atoms with Gasteiger partial charge in [-0.3, -0.25) is 0 Å². The molecule has 3 heteroatoms. The van der Waals surface area contributed by atoms with Gasteiger partial charge in [0.15, 0.2) is 0 Å². The van der Waals surface area contributed by atoms with Gasteiger partial charge in [0.1, 0.15) is 11.5 Å². The lowest BCUT2D eigenvalue weighted by Crippen LogP contribution is -2.04. The van der Waals surface area contributed by atoms with E-state index in [-0.39, 0.29) is 0 Å². The standard InChI is InChI=1S/C14H14BrNO/c1-16-10-11-5-4-6-12(9-11)17-14-8-3-2-7-13(14)15/h2-9,16H,10H2,1H3. The van der Waals surface area contributed by atoms with Crippen LogP contribution in [0.25, 0.3) is 0 Å². The lowest BCUT2D eigenvalue weighted by molar-refractivity contribution is 0.478. The highest BCUT2D eigenvalue weighted by Crippen LogP contribution is 2.29. The molecule has 1 N–H and O–H groups in total. The maximum Gasteiger partial charge on any atom is 0.141 e. The van der Waals surface area contributed by atoms with Gasteiger partial charge in [-0.15, -0.1) is 0 Å². The van der Waals surface area contributed by atoms with Crippen molar-refractivity contribution in [2.24, 2.45) is 0 Å². The number of hydrogen-bond acceptors (Lipinski definition) is 2. The maximum absolute atomic E-state index is 5.82. The van der Waals surface area contributed by atoms with Crippen LogP contribution in [0.1, 0.15) is 5.56 Å². The molecule has 2 rings (SSSR count). The molecule has 0 spiro atoms. The van der Waals surface area contributed by atoms with Gasteiger partial charge in [0, 0.05) is 6.54 Å². The zero-order valence-electron chi connectivity index (χ0n) is 9.61. The van der Waals surface area contributed by atoms with Crippen molar-refractivity contribution in [1.29, 1.82) is 0 Å². The first-order valence-electron chi connectivity index (χ1n) is 5.45. The molecule has 2 aromatic carbocycles. The molecule has 0 aromatic heterocycles. The average Bonchev–Trinajstić information content (AvgIpc) is 2.33. The van der Waals surface area contributed by atoms with Crippen LogP contribution in [0.5, 0.6) is 11.5 Å². The minimum absolute atomic E-state index is 0.828. The predicted octanol–water partition coefficient (Wildman–Crippen LogP) is 3.96. The van der Waals surface area contributed by atoms with E-state index in [9.17, 15) is 0 Å². The van der Waals surface area contributed by atoms with Crippen LogP contribution in [0.4, 0.5) is 0 Å². The molecular formula is C14H14BrNO. The van der Waals surface area contributed by atoms with Crippen LogP contribution in [0.2, 0.25) is 0 Å². The Labute approximate surface area is 110 Å². The molecule has 0 atom stereocenters. The summed E-state index contributed by atoms with van der Waals surface area (Å²) < 4.78 is 6.78. The van der Waals surface area contributed by atoms with Crippen LogP contribution < -0.4 is 10.1 Å². The highest BCUT2D eigenvalue weighted by molar-refractivity contribution is 9.10. The lowest BCUT2D eigenvalue weighted by atomic mass is 10.2. The van der Waals surface area contributed by atoms with Crippen molar-refractivity contribution in [3.05, 3.63) is 58.6 Å². The van der Waals surface area contributed by atoms with E-state index >= 15 is 0 Å². The molecule has 2 nitrogen and oxygen atoms in total. The van der Waals surface area contributed by atoms with E-state index in [0.717, 1.165) is 22.5 Å². The van der Waals surface area contributed by atoms with Gasteiger partial charge in [0.25, 0.3) is 0 Å². The van der Waals surface area contributed by atoms with Crippen molar-refractivity contribution in [1.82, 2.24) is 5.32 Å². The van der Waals surface area contributed by atoms with Gasteiger partial charge < -0.3 is 10.1 Å². The molecule has 0 aliphatic heterocycles. The average molecular weight is 292 g/mol. The molecule has 0 heterocycles. The van der Waals surface area contributed by atoms with Crippen molar-refractivity contribution < 1.29 is 4.74 Å². The highest BCUT2D eigenvalue weighted by Gasteiger charge is 2.02. The molecule has 0 aliphatic carbocycles. The summed E-state index contributed by atoms with van der Waals surface area (Å²) in [6, 6.07) is 15.9. The van der Waals surface area contributed by atoms with Gasteiger partial charge in [0.05, 0.1) is 4.47 Å². The van der Waals surface area contributed by atoms with Crippen molar-refractivity contribution in [3.63, 3.8) is 0 Å². The molecule has 0 bridgehead atoms. The van der Waals surface area contributed by atoms with Gasteiger partial charge in [0.2, 0.25) is 0 Å². The molecule has 0 fully saturated rings. The molecule has 0 radical (unpaired) electrons. The quantitative estimate of drug-likeness (QED) is 0.921. The Morgan fingerprint density at radius 3 is 2.71 bits per heavy atom. The fraction of sp³-hybridized carbons (Fsp3) is 0.143. The lowest BCUT2D eigenvalue weighted by Gasteiger charge is -2.08. The summed E-state index contributed by atoms with van der Waals surface area (Å²) >= 11 is 3.47. The summed E-state index contributed by atoms with van der Waals surface area (Å²) in [4.78, 5) is 0. The van der Waals surface area contributed by atoms with E-state index in [4.69, 9.17) is 4.74 Å². The minimum Gasteiger partial charge on any atom is -0.456 e. The SMILES string of the molecule is CNCc1cccc(Oc2ccccc2Br)c1. The number of benzene rings is 2. The summed E-state index contributed by atoms with van der Waals surface area (Å²) in [5.74, 6) is 1.68. The third kappa shape index (κ3) is 3.32. The van der Waals surface area contributed by atoms with E-state index in [0.29, 0.717) is 0 Å². The van der Waals surface area contributed by atoms with E-state index in [1.165, 1.54) is 5.56 Å². The molecule has 2 aromatic rings. The molecule has 17 heavy (non-hydrogen) atoms. The predicted molar refractivity (Wildman–Crippen MR) is 73.4 cm³/mol. The molecule has 0 saturated heterocycles. The second-order valence-electron chi connectivity index (χ2n) is 3.71. The van der Waals surface area contributed by atoms with Gasteiger partial charge in [-0.2, -0.15) is 0 Å². The van der Waals surface area contributed by atoms with E-state index < -0.39 is 0 Å². The molecule has 0 saturated carbocycles. The highest BCUT2D eigenvalue weighted by atomic mass is 79.9. The first kappa shape index (κ1) is 12.1. The van der Waals surface area contributed by atoms with Crippen molar-refractivity contribution in [3.8, 4) is 11.5 Å². The fourth-order valence-electron chi connectivity index (χ4n) is 1.58. The van der Waals surface area contributed by atoms with Crippen LogP contribution >= 0.6 is 15.9 Å². The van der Waals surface area contributed by atoms with Gasteiger partial charge in [-0.25, -0.2) is 0 Å². The Balaban J connectivity index is 2.18. The first-order valence-corrected chi connectivity index (χ1v) is 6.25. The Morgan fingerprint density at radius 1 is 1.12 bits per heavy atom. The van der Waals surface area contributed by atoms with Crippen molar-refractivity contribution in [2.45, 2.75) is 6.54 Å². The van der Waals surface area contributed by atoms with Gasteiger partial charge >= 0.3 is 0 Å². The van der Waals surface area contributed by atoms with Gasteiger partial charge in [-0.1, -0.05) is 24.3 Å². The second-order valence-corrected chi connectivity index (χ2v) is 4.56. The number of nitrogens with one attached hydrogen (secondary N) is 1. The maximum atomic E-state index is 5.82.